The van der Waals surface area contributed by atoms with Gasteiger partial charge < -0.3 is 30.0 Å². The van der Waals surface area contributed by atoms with Crippen LogP contribution in [0.25, 0.3) is 0 Å². The molecule has 3 rings (SSSR count). The highest BCUT2D eigenvalue weighted by molar-refractivity contribution is 7.99. The molecule has 0 spiro atoms. The van der Waals surface area contributed by atoms with Gasteiger partial charge in [0.2, 0.25) is 11.8 Å². The Kier molecular flexibility index (Phi) is 16.4. The number of hydrogen-bond donors (Lipinski definition) is 3. The standard InChI is InChI=1S/C36H41IN2O9S/c1-5-47-31-16-15-28(48-20-34(44)46-4)17-25(31)18-32(41)39-35(23(2)3)36(45)38-29(19-33(42)43)30(40)22-49-21-24-11-13-27(14-12-24)37-26-9-7-6-8-10-26/h6-17,23,29,35H,5,18-22H2,1-4H3,(H2-,38,39,41,42,43,45)/p+1/t29-,35-/m0/s1. The summed E-state index contributed by atoms with van der Waals surface area (Å²) in [5.74, 6) is -2.47. The van der Waals surface area contributed by atoms with Gasteiger partial charge >= 0.3 is 33.1 Å². The van der Waals surface area contributed by atoms with E-state index in [9.17, 15) is 29.1 Å². The molecule has 3 aromatic rings. The molecule has 0 aliphatic carbocycles. The van der Waals surface area contributed by atoms with Gasteiger partial charge in [-0.1, -0.05) is 44.2 Å². The van der Waals surface area contributed by atoms with Crippen molar-refractivity contribution in [3.63, 3.8) is 0 Å². The molecule has 11 nitrogen and oxygen atoms in total. The molecule has 0 fully saturated rings. The summed E-state index contributed by atoms with van der Waals surface area (Å²) >= 11 is 1.06. The summed E-state index contributed by atoms with van der Waals surface area (Å²) < 4.78 is 18.3. The van der Waals surface area contributed by atoms with Crippen LogP contribution in [0.15, 0.2) is 72.8 Å². The van der Waals surface area contributed by atoms with E-state index < -0.39 is 48.0 Å². The first kappa shape index (κ1) is 39.3. The molecule has 3 N–H and O–H groups in total. The van der Waals surface area contributed by atoms with Gasteiger partial charge in [0.15, 0.2) is 19.5 Å². The minimum Gasteiger partial charge on any atom is -0.494 e. The van der Waals surface area contributed by atoms with Crippen molar-refractivity contribution in [1.82, 2.24) is 10.6 Å². The molecule has 0 saturated heterocycles. The number of carboxylic acids is 1. The van der Waals surface area contributed by atoms with E-state index in [1.54, 1.807) is 39.0 Å². The molecular weight excluding hydrogens is 763 g/mol. The van der Waals surface area contributed by atoms with Crippen LogP contribution in [-0.2, 0) is 40.9 Å². The minimum atomic E-state index is -1.26. The zero-order valence-electron chi connectivity index (χ0n) is 27.9. The number of carbonyl (C=O) groups is 5. The Balaban J connectivity index is 1.59. The zero-order chi connectivity index (χ0) is 35.8. The predicted octanol–water partition coefficient (Wildman–Crippen LogP) is 0.911. The number of ketones is 1. The third kappa shape index (κ3) is 13.7. The molecule has 49 heavy (non-hydrogen) atoms. The summed E-state index contributed by atoms with van der Waals surface area (Å²) in [6.45, 7) is 5.28. The topological polar surface area (TPSA) is 157 Å². The number of methoxy groups -OCH3 is 1. The summed E-state index contributed by atoms with van der Waals surface area (Å²) in [6, 6.07) is 21.0. The summed E-state index contributed by atoms with van der Waals surface area (Å²) in [5.41, 5.74) is 1.50. The second kappa shape index (κ2) is 20.4. The maximum absolute atomic E-state index is 13.4. The highest BCUT2D eigenvalue weighted by Gasteiger charge is 2.30. The van der Waals surface area contributed by atoms with Crippen molar-refractivity contribution in [3.8, 4) is 11.5 Å². The second-order valence-electron chi connectivity index (χ2n) is 11.2. The third-order valence-electron chi connectivity index (χ3n) is 6.99. The van der Waals surface area contributed by atoms with E-state index in [1.807, 2.05) is 30.3 Å². The van der Waals surface area contributed by atoms with E-state index in [-0.39, 0.29) is 45.9 Å². The first-order valence-electron chi connectivity index (χ1n) is 15.6. The Labute approximate surface area is 301 Å². The van der Waals surface area contributed by atoms with Crippen molar-refractivity contribution in [2.45, 2.75) is 51.4 Å². The van der Waals surface area contributed by atoms with Crippen molar-refractivity contribution in [2.24, 2.45) is 5.92 Å². The number of Topliss-reactive ketones (excluding diaryl/α,β-unsaturated/α-hetero) is 1. The number of carboxylic acid groups (broad SMARTS) is 1. The van der Waals surface area contributed by atoms with E-state index in [0.29, 0.717) is 29.4 Å². The van der Waals surface area contributed by atoms with Crippen LogP contribution in [-0.4, -0.2) is 72.8 Å². The molecule has 0 saturated carbocycles. The molecular formula is C36H42IN2O9S+. The van der Waals surface area contributed by atoms with Crippen LogP contribution >= 0.6 is 11.8 Å². The number of ether oxygens (including phenoxy) is 3. The van der Waals surface area contributed by atoms with Crippen LogP contribution in [0.5, 0.6) is 11.5 Å². The average molecular weight is 806 g/mol. The molecule has 0 bridgehead atoms. The number of rotatable bonds is 20. The first-order chi connectivity index (χ1) is 23.5. The SMILES string of the molecule is CCOc1ccc(OCC(=O)OC)cc1CC(=O)N[C@H](C(=O)N[C@@H](CC(=O)O)C(=O)CSCc1ccc([I+]c2ccccc2)cc1)C(C)C. The zero-order valence-corrected chi connectivity index (χ0v) is 30.9. The highest BCUT2D eigenvalue weighted by Crippen LogP contribution is 2.25. The Morgan fingerprint density at radius 3 is 2.22 bits per heavy atom. The Morgan fingerprint density at radius 2 is 1.59 bits per heavy atom. The largest absolute Gasteiger partial charge is 0.494 e. The van der Waals surface area contributed by atoms with Gasteiger partial charge in [0, 0.05) is 11.3 Å². The lowest BCUT2D eigenvalue weighted by Crippen LogP contribution is -3.61. The van der Waals surface area contributed by atoms with Gasteiger partial charge in [0.05, 0.1) is 38.4 Å². The quantitative estimate of drug-likeness (QED) is 0.111. The van der Waals surface area contributed by atoms with Gasteiger partial charge in [0.1, 0.15) is 17.5 Å². The number of benzene rings is 3. The highest BCUT2D eigenvalue weighted by atomic mass is 127. The van der Waals surface area contributed by atoms with Crippen LogP contribution in [0.2, 0.25) is 0 Å². The number of halogens is 1. The van der Waals surface area contributed by atoms with Crippen LogP contribution in [0, 0.1) is 13.1 Å². The molecule has 0 heterocycles. The molecule has 0 aromatic heterocycles. The van der Waals surface area contributed by atoms with Gasteiger partial charge in [0.25, 0.3) is 0 Å². The molecule has 2 atom stereocenters. The lowest BCUT2D eigenvalue weighted by Gasteiger charge is -2.25. The Morgan fingerprint density at radius 1 is 0.898 bits per heavy atom. The number of amides is 2. The lowest BCUT2D eigenvalue weighted by molar-refractivity contribution is -0.597. The van der Waals surface area contributed by atoms with E-state index in [2.05, 4.69) is 39.6 Å². The van der Waals surface area contributed by atoms with Crippen molar-refractivity contribution in [1.29, 1.82) is 0 Å². The van der Waals surface area contributed by atoms with Crippen molar-refractivity contribution < 1.29 is 64.5 Å². The number of thioether (sulfide) groups is 1. The van der Waals surface area contributed by atoms with E-state index >= 15 is 0 Å². The number of esters is 1. The fourth-order valence-corrected chi connectivity index (χ4v) is 7.66. The van der Waals surface area contributed by atoms with E-state index in [4.69, 9.17) is 9.47 Å². The Hall–Kier alpha value is -4.11. The predicted molar refractivity (Wildman–Crippen MR) is 181 cm³/mol. The van der Waals surface area contributed by atoms with Gasteiger partial charge in [-0.15, -0.1) is 11.8 Å². The number of aliphatic carboxylic acids is 1. The molecule has 262 valence electrons. The maximum Gasteiger partial charge on any atom is 0.357 e. The van der Waals surface area contributed by atoms with Crippen LogP contribution in [0.3, 0.4) is 0 Å². The normalized spacial score (nSPS) is 12.0. The van der Waals surface area contributed by atoms with Crippen molar-refractivity contribution >= 4 is 41.3 Å². The molecule has 0 aliphatic rings. The number of hydrogen-bond acceptors (Lipinski definition) is 9. The van der Waals surface area contributed by atoms with E-state index in [1.165, 1.54) is 26.0 Å². The molecule has 0 radical (unpaired) electrons. The van der Waals surface area contributed by atoms with Crippen LogP contribution < -0.4 is 41.3 Å². The van der Waals surface area contributed by atoms with Crippen molar-refractivity contribution in [3.05, 3.63) is 91.1 Å². The fourth-order valence-electron chi connectivity index (χ4n) is 4.51. The smallest absolute Gasteiger partial charge is 0.357 e. The van der Waals surface area contributed by atoms with Gasteiger partial charge in [-0.3, -0.25) is 19.2 Å². The first-order valence-corrected chi connectivity index (χ1v) is 19.0. The number of nitrogens with one attached hydrogen (secondary N) is 2. The molecule has 0 unspecified atom stereocenters. The van der Waals surface area contributed by atoms with Crippen LogP contribution in [0.4, 0.5) is 0 Å². The Bertz CT molecular complexity index is 1570. The fraction of sp³-hybridized carbons (Fsp3) is 0.361. The molecule has 3 aromatic carbocycles. The lowest BCUT2D eigenvalue weighted by atomic mass is 10.0. The monoisotopic (exact) mass is 805 g/mol. The summed E-state index contributed by atoms with van der Waals surface area (Å²) in [4.78, 5) is 62.8. The number of carbonyl (C=O) groups excluding carboxylic acids is 4. The van der Waals surface area contributed by atoms with Gasteiger partial charge in [-0.25, -0.2) is 4.79 Å². The summed E-state index contributed by atoms with van der Waals surface area (Å²) in [7, 11) is 1.24. The third-order valence-corrected chi connectivity index (χ3v) is 10.7. The average Bonchev–Trinajstić information content (AvgIpc) is 3.07. The molecule has 13 heteroatoms. The molecule has 2 amide bonds. The molecule has 0 aliphatic heterocycles. The van der Waals surface area contributed by atoms with Gasteiger partial charge in [-0.05, 0) is 60.9 Å². The van der Waals surface area contributed by atoms with Crippen molar-refractivity contribution in [2.75, 3.05) is 26.1 Å². The van der Waals surface area contributed by atoms with Crippen LogP contribution in [0.1, 0.15) is 38.3 Å². The minimum absolute atomic E-state index is 0.00419. The van der Waals surface area contributed by atoms with E-state index in [0.717, 1.165) is 5.56 Å². The van der Waals surface area contributed by atoms with Gasteiger partial charge in [-0.2, -0.15) is 0 Å². The summed E-state index contributed by atoms with van der Waals surface area (Å²) in [5, 5.41) is 14.8. The summed E-state index contributed by atoms with van der Waals surface area (Å²) in [6.07, 6.45) is -0.762. The maximum atomic E-state index is 13.4. The second-order valence-corrected chi connectivity index (χ2v) is 15.2.